The number of benzene rings is 2. The van der Waals surface area contributed by atoms with Crippen molar-refractivity contribution in [2.45, 2.75) is 13.0 Å². The van der Waals surface area contributed by atoms with E-state index in [1.807, 2.05) is 6.07 Å². The van der Waals surface area contributed by atoms with E-state index in [0.29, 0.717) is 21.0 Å². The van der Waals surface area contributed by atoms with E-state index in [4.69, 9.17) is 27.9 Å². The molecule has 2 N–H and O–H groups in total. The first-order chi connectivity index (χ1) is 12.5. The monoisotopic (exact) mass is 391 g/mol. The van der Waals surface area contributed by atoms with Gasteiger partial charge in [0.25, 0.3) is 5.91 Å². The van der Waals surface area contributed by atoms with Crippen molar-refractivity contribution in [1.29, 1.82) is 0 Å². The van der Waals surface area contributed by atoms with Crippen molar-refractivity contribution in [1.82, 2.24) is 15.5 Å². The molecule has 3 aromatic rings. The number of hydrogen-bond acceptors (Lipinski definition) is 4. The summed E-state index contributed by atoms with van der Waals surface area (Å²) >= 11 is 12.0. The van der Waals surface area contributed by atoms with Gasteiger partial charge in [-0.1, -0.05) is 47.5 Å². The van der Waals surface area contributed by atoms with Gasteiger partial charge in [0.1, 0.15) is 0 Å². The van der Waals surface area contributed by atoms with Gasteiger partial charge in [0.2, 0.25) is 0 Å². The zero-order chi connectivity index (χ0) is 18.7. The maximum atomic E-state index is 12.2. The fourth-order valence-electron chi connectivity index (χ4n) is 2.53. The fourth-order valence-corrected chi connectivity index (χ4v) is 3.10. The molecule has 134 valence electrons. The average Bonchev–Trinajstić information content (AvgIpc) is 3.03. The van der Waals surface area contributed by atoms with Crippen LogP contribution in [0.15, 0.2) is 42.5 Å². The second kappa shape index (κ2) is 7.76. The highest BCUT2D eigenvalue weighted by Gasteiger charge is 2.18. The lowest BCUT2D eigenvalue weighted by atomic mass is 10.1. The summed E-state index contributed by atoms with van der Waals surface area (Å²) < 4.78 is 5.05. The van der Waals surface area contributed by atoms with E-state index < -0.39 is 18.5 Å². The molecule has 0 radical (unpaired) electrons. The molecule has 1 atom stereocenters. The number of aromatic nitrogens is 2. The number of carbonyl (C=O) groups excluding carboxylic acids is 2. The number of carbonyl (C=O) groups is 2. The van der Waals surface area contributed by atoms with Gasteiger partial charge in [0.05, 0.1) is 11.6 Å². The van der Waals surface area contributed by atoms with Crippen molar-refractivity contribution >= 4 is 46.0 Å². The minimum Gasteiger partial charge on any atom is -0.451 e. The van der Waals surface area contributed by atoms with Crippen molar-refractivity contribution in [3.05, 3.63) is 63.8 Å². The van der Waals surface area contributed by atoms with Crippen LogP contribution in [0.4, 0.5) is 0 Å². The minimum atomic E-state index is -0.672. The molecule has 0 fully saturated rings. The van der Waals surface area contributed by atoms with Crippen LogP contribution in [0, 0.1) is 0 Å². The molecule has 1 heterocycles. The zero-order valence-electron chi connectivity index (χ0n) is 13.8. The van der Waals surface area contributed by atoms with Crippen molar-refractivity contribution in [3.63, 3.8) is 0 Å². The standard InChI is InChI=1S/C18H15Cl2N3O3/c1-10(12-7-6-11(19)8-14(12)20)21-16(24)9-26-18(25)17-13-4-2-3-5-15(13)22-23-17/h2-8,10H,9H2,1H3,(H,21,24)(H,22,23)/t10-/m0/s1. The molecule has 1 amide bonds. The normalized spacial score (nSPS) is 12.0. The van der Waals surface area contributed by atoms with Gasteiger partial charge in [-0.2, -0.15) is 5.10 Å². The maximum Gasteiger partial charge on any atom is 0.359 e. The average molecular weight is 392 g/mol. The van der Waals surface area contributed by atoms with Crippen molar-refractivity contribution in [3.8, 4) is 0 Å². The van der Waals surface area contributed by atoms with Gasteiger partial charge in [0, 0.05) is 15.4 Å². The summed E-state index contributed by atoms with van der Waals surface area (Å²) in [5, 5.41) is 11.0. The predicted molar refractivity (Wildman–Crippen MR) is 99.4 cm³/mol. The summed E-state index contributed by atoms with van der Waals surface area (Å²) in [7, 11) is 0. The lowest BCUT2D eigenvalue weighted by Gasteiger charge is -2.16. The molecule has 0 spiro atoms. The number of esters is 1. The van der Waals surface area contributed by atoms with Crippen LogP contribution in [-0.4, -0.2) is 28.7 Å². The Bertz CT molecular complexity index is 971. The third kappa shape index (κ3) is 3.98. The number of fused-ring (bicyclic) bond motifs is 1. The Kier molecular flexibility index (Phi) is 5.44. The molecule has 0 bridgehead atoms. The number of halogens is 2. The van der Waals surface area contributed by atoms with E-state index >= 15 is 0 Å². The van der Waals surface area contributed by atoms with Gasteiger partial charge in [-0.05, 0) is 30.7 Å². The number of aromatic amines is 1. The summed E-state index contributed by atoms with van der Waals surface area (Å²) in [4.78, 5) is 24.2. The van der Waals surface area contributed by atoms with Gasteiger partial charge >= 0.3 is 5.97 Å². The molecule has 0 unspecified atom stereocenters. The number of H-pyrrole nitrogens is 1. The molecule has 1 aromatic heterocycles. The smallest absolute Gasteiger partial charge is 0.359 e. The SMILES string of the molecule is C[C@H](NC(=O)COC(=O)c1n[nH]c2ccccc12)c1ccc(Cl)cc1Cl. The Labute approximate surface area is 159 Å². The van der Waals surface area contributed by atoms with Crippen LogP contribution < -0.4 is 5.32 Å². The Hall–Kier alpha value is -2.57. The Morgan fingerprint density at radius 1 is 1.23 bits per heavy atom. The van der Waals surface area contributed by atoms with Crippen LogP contribution in [0.1, 0.15) is 29.0 Å². The largest absolute Gasteiger partial charge is 0.451 e. The van der Waals surface area contributed by atoms with E-state index in [0.717, 1.165) is 5.52 Å². The van der Waals surface area contributed by atoms with E-state index in [9.17, 15) is 9.59 Å². The summed E-state index contributed by atoms with van der Waals surface area (Å²) in [6, 6.07) is 11.8. The zero-order valence-corrected chi connectivity index (χ0v) is 15.3. The number of amides is 1. The molecule has 0 saturated carbocycles. The summed E-state index contributed by atoms with van der Waals surface area (Å²) in [6.45, 7) is 1.35. The molecular formula is C18H15Cl2N3O3. The molecule has 26 heavy (non-hydrogen) atoms. The van der Waals surface area contributed by atoms with Gasteiger partial charge in [-0.3, -0.25) is 9.89 Å². The van der Waals surface area contributed by atoms with Crippen LogP contribution in [0.3, 0.4) is 0 Å². The Morgan fingerprint density at radius 3 is 2.77 bits per heavy atom. The number of nitrogens with zero attached hydrogens (tertiary/aromatic N) is 1. The van der Waals surface area contributed by atoms with Crippen LogP contribution in [0.2, 0.25) is 10.0 Å². The van der Waals surface area contributed by atoms with E-state index in [1.54, 1.807) is 43.3 Å². The molecule has 2 aromatic carbocycles. The van der Waals surface area contributed by atoms with Crippen LogP contribution >= 0.6 is 23.2 Å². The van der Waals surface area contributed by atoms with Crippen molar-refractivity contribution in [2.24, 2.45) is 0 Å². The highest BCUT2D eigenvalue weighted by molar-refractivity contribution is 6.35. The molecule has 0 aliphatic heterocycles. The van der Waals surface area contributed by atoms with Crippen LogP contribution in [0.25, 0.3) is 10.9 Å². The second-order valence-corrected chi connectivity index (χ2v) is 6.49. The number of ether oxygens (including phenoxy) is 1. The quantitative estimate of drug-likeness (QED) is 0.645. The van der Waals surface area contributed by atoms with E-state index in [-0.39, 0.29) is 11.7 Å². The van der Waals surface area contributed by atoms with E-state index in [2.05, 4.69) is 15.5 Å². The molecule has 6 nitrogen and oxygen atoms in total. The van der Waals surface area contributed by atoms with Crippen LogP contribution in [-0.2, 0) is 9.53 Å². The highest BCUT2D eigenvalue weighted by atomic mass is 35.5. The lowest BCUT2D eigenvalue weighted by Crippen LogP contribution is -2.31. The molecule has 0 aliphatic rings. The summed E-state index contributed by atoms with van der Waals surface area (Å²) in [5.74, 6) is -1.12. The highest BCUT2D eigenvalue weighted by Crippen LogP contribution is 2.26. The first-order valence-corrected chi connectivity index (χ1v) is 8.56. The maximum absolute atomic E-state index is 12.2. The molecule has 3 rings (SSSR count). The first kappa shape index (κ1) is 18.2. The number of nitrogens with one attached hydrogen (secondary N) is 2. The van der Waals surface area contributed by atoms with E-state index in [1.165, 1.54) is 0 Å². The summed E-state index contributed by atoms with van der Waals surface area (Å²) in [6.07, 6.45) is 0. The first-order valence-electron chi connectivity index (χ1n) is 7.80. The number of para-hydroxylation sites is 1. The van der Waals surface area contributed by atoms with Gasteiger partial charge < -0.3 is 10.1 Å². The number of rotatable bonds is 5. The Morgan fingerprint density at radius 2 is 2.00 bits per heavy atom. The number of hydrogen-bond donors (Lipinski definition) is 2. The van der Waals surface area contributed by atoms with Gasteiger partial charge in [-0.15, -0.1) is 0 Å². The van der Waals surface area contributed by atoms with Crippen molar-refractivity contribution in [2.75, 3.05) is 6.61 Å². The van der Waals surface area contributed by atoms with Gasteiger partial charge in [0.15, 0.2) is 12.3 Å². The minimum absolute atomic E-state index is 0.141. The van der Waals surface area contributed by atoms with Gasteiger partial charge in [-0.25, -0.2) is 4.79 Å². The third-order valence-electron chi connectivity index (χ3n) is 3.80. The van der Waals surface area contributed by atoms with Crippen LogP contribution in [0.5, 0.6) is 0 Å². The topological polar surface area (TPSA) is 84.1 Å². The lowest BCUT2D eigenvalue weighted by molar-refractivity contribution is -0.124. The summed E-state index contributed by atoms with van der Waals surface area (Å²) in [5.41, 5.74) is 1.58. The fraction of sp³-hybridized carbons (Fsp3) is 0.167. The molecule has 0 aliphatic carbocycles. The third-order valence-corrected chi connectivity index (χ3v) is 4.37. The molecule has 0 saturated heterocycles. The second-order valence-electron chi connectivity index (χ2n) is 5.65. The Balaban J connectivity index is 1.59. The predicted octanol–water partition coefficient (Wildman–Crippen LogP) is 3.90. The van der Waals surface area contributed by atoms with Crippen molar-refractivity contribution < 1.29 is 14.3 Å². The molecular weight excluding hydrogens is 377 g/mol. The molecule has 8 heteroatoms.